The number of carbonyl (C=O) groups is 2. The Labute approximate surface area is 165 Å². The summed E-state index contributed by atoms with van der Waals surface area (Å²) < 4.78 is 0. The number of benzene rings is 1. The molecule has 1 fully saturated rings. The van der Waals surface area contributed by atoms with Gasteiger partial charge < -0.3 is 9.90 Å². The van der Waals surface area contributed by atoms with Crippen LogP contribution in [0.4, 0.5) is 0 Å². The Bertz CT molecular complexity index is 527. The molecule has 0 aromatic heterocycles. The summed E-state index contributed by atoms with van der Waals surface area (Å²) in [5.41, 5.74) is 2.32. The van der Waals surface area contributed by atoms with Crippen LogP contribution >= 0.6 is 0 Å². The molecule has 3 heteroatoms. The number of hydrogen-bond acceptors (Lipinski definition) is 3. The minimum Gasteiger partial charge on any atom is -0.396 e. The lowest BCUT2D eigenvalue weighted by Gasteiger charge is -2.25. The molecule has 0 radical (unpaired) electrons. The van der Waals surface area contributed by atoms with E-state index in [1.165, 1.54) is 37.7 Å². The van der Waals surface area contributed by atoms with Crippen LogP contribution in [-0.4, -0.2) is 24.3 Å². The molecule has 1 aliphatic carbocycles. The minimum atomic E-state index is 0.131. The van der Waals surface area contributed by atoms with Crippen LogP contribution < -0.4 is 0 Å². The Morgan fingerprint density at radius 3 is 2.19 bits per heavy atom. The highest BCUT2D eigenvalue weighted by Crippen LogP contribution is 2.29. The number of aliphatic hydroxyl groups excluding tert-OH is 1. The molecular formula is C24H38O3. The zero-order valence-electron chi connectivity index (χ0n) is 17.6. The van der Waals surface area contributed by atoms with Crippen molar-refractivity contribution in [2.45, 2.75) is 66.2 Å². The fourth-order valence-electron chi connectivity index (χ4n) is 3.07. The van der Waals surface area contributed by atoms with Gasteiger partial charge in [-0.1, -0.05) is 88.8 Å². The van der Waals surface area contributed by atoms with E-state index in [4.69, 9.17) is 9.90 Å². The van der Waals surface area contributed by atoms with Gasteiger partial charge >= 0.3 is 0 Å². The van der Waals surface area contributed by atoms with Crippen LogP contribution in [0.5, 0.6) is 0 Å². The summed E-state index contributed by atoms with van der Waals surface area (Å²) in [5.74, 6) is 1.70. The largest absolute Gasteiger partial charge is 0.396 e. The van der Waals surface area contributed by atoms with Gasteiger partial charge in [-0.2, -0.15) is 0 Å². The van der Waals surface area contributed by atoms with Crippen molar-refractivity contribution >= 4 is 18.6 Å². The molecule has 1 aromatic rings. The number of allylic oxidation sites excluding steroid dienone is 1. The quantitative estimate of drug-likeness (QED) is 0.656. The van der Waals surface area contributed by atoms with Gasteiger partial charge in [0.25, 0.3) is 0 Å². The normalized spacial score (nSPS) is 16.5. The number of hydrogen-bond donors (Lipinski definition) is 1. The van der Waals surface area contributed by atoms with Crippen molar-refractivity contribution in [1.82, 2.24) is 0 Å². The summed E-state index contributed by atoms with van der Waals surface area (Å²) in [4.78, 5) is 19.5. The molecule has 0 spiro atoms. The first-order valence-electron chi connectivity index (χ1n) is 10.2. The third-order valence-electron chi connectivity index (χ3n) is 5.36. The summed E-state index contributed by atoms with van der Waals surface area (Å²) in [5, 5.41) is 8.89. The van der Waals surface area contributed by atoms with Crippen LogP contribution in [0.15, 0.2) is 30.3 Å². The Morgan fingerprint density at radius 2 is 1.70 bits per heavy atom. The molecule has 27 heavy (non-hydrogen) atoms. The third-order valence-corrected chi connectivity index (χ3v) is 5.36. The molecule has 0 amide bonds. The Kier molecular flexibility index (Phi) is 14.3. The molecule has 0 saturated heterocycles. The van der Waals surface area contributed by atoms with Crippen molar-refractivity contribution in [3.8, 4) is 0 Å². The van der Waals surface area contributed by atoms with Gasteiger partial charge in [-0.15, -0.1) is 0 Å². The molecule has 152 valence electrons. The van der Waals surface area contributed by atoms with E-state index < -0.39 is 0 Å². The number of aryl methyl sites for hydroxylation is 1. The maximum Gasteiger partial charge on any atom is 0.158 e. The van der Waals surface area contributed by atoms with Crippen molar-refractivity contribution in [3.05, 3.63) is 41.5 Å². The van der Waals surface area contributed by atoms with E-state index >= 15 is 0 Å². The lowest BCUT2D eigenvalue weighted by atomic mass is 9.81. The highest BCUT2D eigenvalue weighted by molar-refractivity contribution is 5.95. The predicted molar refractivity (Wildman–Crippen MR) is 115 cm³/mol. The summed E-state index contributed by atoms with van der Waals surface area (Å²) in [6.07, 6.45) is 11.3. The van der Waals surface area contributed by atoms with Crippen LogP contribution in [-0.2, 0) is 9.59 Å². The van der Waals surface area contributed by atoms with Crippen molar-refractivity contribution in [1.29, 1.82) is 0 Å². The Morgan fingerprint density at radius 1 is 1.15 bits per heavy atom. The molecule has 2 rings (SSSR count). The summed E-state index contributed by atoms with van der Waals surface area (Å²) >= 11 is 0. The number of aliphatic hydroxyl groups is 1. The lowest BCUT2D eigenvalue weighted by molar-refractivity contribution is -0.117. The fraction of sp³-hybridized carbons (Fsp3) is 0.583. The van der Waals surface area contributed by atoms with E-state index in [-0.39, 0.29) is 11.7 Å². The van der Waals surface area contributed by atoms with Crippen LogP contribution in [0.2, 0.25) is 0 Å². The predicted octanol–water partition coefficient (Wildman–Crippen LogP) is 5.63. The van der Waals surface area contributed by atoms with Crippen LogP contribution in [0.25, 0.3) is 6.08 Å². The summed E-state index contributed by atoms with van der Waals surface area (Å²) in [6.45, 7) is 10.6. The second-order valence-corrected chi connectivity index (χ2v) is 7.51. The Balaban J connectivity index is 0.000000488. The van der Waals surface area contributed by atoms with Crippen molar-refractivity contribution in [2.75, 3.05) is 6.61 Å². The molecule has 1 aliphatic rings. The van der Waals surface area contributed by atoms with Crippen LogP contribution in [0.3, 0.4) is 0 Å². The average Bonchev–Trinajstić information content (AvgIpc) is 2.74. The van der Waals surface area contributed by atoms with Crippen molar-refractivity contribution in [2.24, 2.45) is 17.8 Å². The summed E-state index contributed by atoms with van der Waals surface area (Å²) in [6, 6.07) is 8.15. The zero-order chi connectivity index (χ0) is 20.7. The first-order chi connectivity index (χ1) is 13.0. The number of ketones is 1. The first-order valence-corrected chi connectivity index (χ1v) is 10.2. The molecule has 0 aliphatic heterocycles. The molecule has 1 saturated carbocycles. The van der Waals surface area contributed by atoms with Gasteiger partial charge in [0.15, 0.2) is 5.78 Å². The highest BCUT2D eigenvalue weighted by Gasteiger charge is 2.18. The molecule has 1 aromatic carbocycles. The second-order valence-electron chi connectivity index (χ2n) is 7.51. The number of carbonyl (C=O) groups excluding carboxylic acids is 2. The van der Waals surface area contributed by atoms with Gasteiger partial charge in [0, 0.05) is 12.5 Å². The zero-order valence-corrected chi connectivity index (χ0v) is 17.6. The molecule has 2 atom stereocenters. The smallest absolute Gasteiger partial charge is 0.158 e. The van der Waals surface area contributed by atoms with Crippen molar-refractivity contribution in [3.63, 3.8) is 0 Å². The Hall–Kier alpha value is -1.74. The maximum absolute atomic E-state index is 11.5. The van der Waals surface area contributed by atoms with Crippen LogP contribution in [0, 0.1) is 24.7 Å². The third kappa shape index (κ3) is 10.9. The molecule has 1 N–H and O–H groups in total. The van der Waals surface area contributed by atoms with Gasteiger partial charge in [0.1, 0.15) is 6.79 Å². The van der Waals surface area contributed by atoms with Gasteiger partial charge in [-0.3, -0.25) is 4.79 Å². The lowest BCUT2D eigenvalue weighted by Crippen LogP contribution is -2.17. The molecular weight excluding hydrogens is 336 g/mol. The van der Waals surface area contributed by atoms with E-state index in [1.807, 2.05) is 51.0 Å². The molecule has 2 unspecified atom stereocenters. The monoisotopic (exact) mass is 374 g/mol. The van der Waals surface area contributed by atoms with Gasteiger partial charge in [0.05, 0.1) is 0 Å². The van der Waals surface area contributed by atoms with E-state index in [0.29, 0.717) is 12.5 Å². The molecule has 0 heterocycles. The fourth-order valence-corrected chi connectivity index (χ4v) is 3.07. The standard InChI is InChI=1S/C14H18O.C9H18O.CH2O/c1-4-12(3)14(15)10-9-13-7-5-11(2)6-8-13;1-8(7-10)9-5-3-2-4-6-9;1-2/h5-10,12H,4H2,1-3H3;8-10H,2-7H2,1H3;1H2/b10-9+;;. The average molecular weight is 375 g/mol. The van der Waals surface area contributed by atoms with Gasteiger partial charge in [-0.05, 0) is 36.8 Å². The van der Waals surface area contributed by atoms with Gasteiger partial charge in [0.2, 0.25) is 0 Å². The number of rotatable bonds is 6. The van der Waals surface area contributed by atoms with Crippen molar-refractivity contribution < 1.29 is 14.7 Å². The first kappa shape index (κ1) is 25.3. The van der Waals surface area contributed by atoms with Crippen LogP contribution in [0.1, 0.15) is 70.4 Å². The highest BCUT2D eigenvalue weighted by atomic mass is 16.3. The minimum absolute atomic E-state index is 0.131. The molecule has 3 nitrogen and oxygen atoms in total. The topological polar surface area (TPSA) is 54.4 Å². The molecule has 0 bridgehead atoms. The van der Waals surface area contributed by atoms with E-state index in [2.05, 4.69) is 13.8 Å². The SMILES string of the molecule is C=O.CC(CO)C1CCCCC1.CCC(C)C(=O)/C=C/c1ccc(C)cc1. The van der Waals surface area contributed by atoms with E-state index in [0.717, 1.165) is 17.9 Å². The maximum atomic E-state index is 11.5. The second kappa shape index (κ2) is 15.3. The van der Waals surface area contributed by atoms with E-state index in [9.17, 15) is 4.79 Å². The summed E-state index contributed by atoms with van der Waals surface area (Å²) in [7, 11) is 0. The van der Waals surface area contributed by atoms with Gasteiger partial charge in [-0.25, -0.2) is 0 Å². The van der Waals surface area contributed by atoms with E-state index in [1.54, 1.807) is 6.08 Å².